The first-order chi connectivity index (χ1) is 3.93. The molecule has 0 nitrogen and oxygen atoms in total. The van der Waals surface area contributed by atoms with Crippen LogP contribution in [0.15, 0.2) is 29.9 Å². The SMILES string of the molecule is [C+]#CC1=CC=[C+]C=C1. The average molecular weight is 100 g/mol. The molecule has 1 aliphatic carbocycles. The van der Waals surface area contributed by atoms with E-state index >= 15 is 0 Å². The molecule has 34 valence electrons. The van der Waals surface area contributed by atoms with Crippen LogP contribution in [0.3, 0.4) is 0 Å². The maximum atomic E-state index is 6.68. The zero-order valence-electron chi connectivity index (χ0n) is 4.31. The van der Waals surface area contributed by atoms with Crippen molar-refractivity contribution in [2.75, 3.05) is 0 Å². The summed E-state index contributed by atoms with van der Waals surface area (Å²) in [7, 11) is 0. The number of rotatable bonds is 0. The van der Waals surface area contributed by atoms with Crippen molar-refractivity contribution in [3.8, 4) is 5.92 Å². The van der Waals surface area contributed by atoms with Crippen LogP contribution in [0, 0.1) is 18.4 Å². The molecule has 0 aromatic rings. The number of allylic oxidation sites excluding steroid dienone is 6. The van der Waals surface area contributed by atoms with E-state index in [2.05, 4.69) is 12.0 Å². The second-order valence-corrected chi connectivity index (χ2v) is 1.41. The first-order valence-corrected chi connectivity index (χ1v) is 2.32. The van der Waals surface area contributed by atoms with Crippen LogP contribution in [0.4, 0.5) is 0 Å². The third-order valence-electron chi connectivity index (χ3n) is 0.863. The second kappa shape index (κ2) is 2.28. The van der Waals surface area contributed by atoms with Crippen molar-refractivity contribution in [1.82, 2.24) is 0 Å². The summed E-state index contributed by atoms with van der Waals surface area (Å²) in [5.74, 6) is 2.26. The third kappa shape index (κ3) is 0.946. The van der Waals surface area contributed by atoms with Gasteiger partial charge in [-0.2, -0.15) is 0 Å². The van der Waals surface area contributed by atoms with E-state index in [0.717, 1.165) is 5.57 Å². The Labute approximate surface area is 49.2 Å². The standard InChI is InChI=1S/C8H4/c1-2-8-6-4-3-5-7-8/h4-7H/q+2. The quantitative estimate of drug-likeness (QED) is 0.319. The van der Waals surface area contributed by atoms with E-state index < -0.39 is 0 Å². The van der Waals surface area contributed by atoms with Crippen LogP contribution < -0.4 is 0 Å². The molecule has 0 unspecified atom stereocenters. The second-order valence-electron chi connectivity index (χ2n) is 1.41. The van der Waals surface area contributed by atoms with Gasteiger partial charge in [-0.15, -0.1) is 0 Å². The molecule has 0 atom stereocenters. The van der Waals surface area contributed by atoms with Crippen LogP contribution in [0.5, 0.6) is 0 Å². The Balaban J connectivity index is 2.88. The van der Waals surface area contributed by atoms with Gasteiger partial charge in [0.1, 0.15) is 0 Å². The summed E-state index contributed by atoms with van der Waals surface area (Å²) in [6, 6.07) is 0. The summed E-state index contributed by atoms with van der Waals surface area (Å²) in [4.78, 5) is 0. The van der Waals surface area contributed by atoms with E-state index in [1.807, 2.05) is 0 Å². The van der Waals surface area contributed by atoms with Gasteiger partial charge in [-0.25, -0.2) is 0 Å². The van der Waals surface area contributed by atoms with Crippen molar-refractivity contribution in [2.45, 2.75) is 0 Å². The molecule has 0 amide bonds. The molecule has 0 spiro atoms. The number of hydrogen-bond acceptors (Lipinski definition) is 0. The maximum absolute atomic E-state index is 6.68. The third-order valence-corrected chi connectivity index (χ3v) is 0.863. The summed E-state index contributed by atoms with van der Waals surface area (Å²) < 4.78 is 0. The van der Waals surface area contributed by atoms with Gasteiger partial charge in [0.15, 0.2) is 0 Å². The van der Waals surface area contributed by atoms with Gasteiger partial charge in [0.25, 0.3) is 0 Å². The van der Waals surface area contributed by atoms with Gasteiger partial charge in [0, 0.05) is 0 Å². The molecule has 0 bridgehead atoms. The normalized spacial score (nSPS) is 14.5. The molecular weight excluding hydrogens is 96.1 g/mol. The van der Waals surface area contributed by atoms with Crippen LogP contribution in [-0.4, -0.2) is 0 Å². The fourth-order valence-electron chi connectivity index (χ4n) is 0.470. The van der Waals surface area contributed by atoms with E-state index in [4.69, 9.17) is 6.42 Å². The summed E-state index contributed by atoms with van der Waals surface area (Å²) in [6.45, 7) is 0. The minimum absolute atomic E-state index is 0.795. The van der Waals surface area contributed by atoms with Crippen molar-refractivity contribution in [3.63, 3.8) is 0 Å². The van der Waals surface area contributed by atoms with Gasteiger partial charge in [-0.1, -0.05) is 0 Å². The van der Waals surface area contributed by atoms with Crippen molar-refractivity contribution >= 4 is 0 Å². The van der Waals surface area contributed by atoms with Crippen LogP contribution in [-0.2, 0) is 0 Å². The predicted molar refractivity (Wildman–Crippen MR) is 32.2 cm³/mol. The summed E-state index contributed by atoms with van der Waals surface area (Å²) in [5, 5.41) is 0. The molecule has 0 aliphatic heterocycles. The Bertz CT molecular complexity index is 197. The molecular formula is C8H4+2. The first-order valence-electron chi connectivity index (χ1n) is 2.32. The van der Waals surface area contributed by atoms with Crippen molar-refractivity contribution in [1.29, 1.82) is 0 Å². The van der Waals surface area contributed by atoms with Gasteiger partial charge in [-0.05, 0) is 0 Å². The van der Waals surface area contributed by atoms with Crippen molar-refractivity contribution in [3.05, 3.63) is 42.4 Å². The number of hydrogen-bond donors (Lipinski definition) is 0. The molecule has 8 heavy (non-hydrogen) atoms. The van der Waals surface area contributed by atoms with E-state index in [0.29, 0.717) is 0 Å². The fourth-order valence-corrected chi connectivity index (χ4v) is 0.470. The van der Waals surface area contributed by atoms with Gasteiger partial charge in [-0.3, -0.25) is 0 Å². The molecule has 1 aliphatic rings. The molecule has 0 fully saturated rings. The summed E-state index contributed by atoms with van der Waals surface area (Å²) in [6.07, 6.45) is 16.6. The van der Waals surface area contributed by atoms with Crippen LogP contribution in [0.2, 0.25) is 0 Å². The Kier molecular flexibility index (Phi) is 1.44. The van der Waals surface area contributed by atoms with Gasteiger partial charge in [0.05, 0.1) is 0 Å². The predicted octanol–water partition coefficient (Wildman–Crippen LogP) is 1.43. The topological polar surface area (TPSA) is 0 Å². The Morgan fingerprint density at radius 3 is 2.88 bits per heavy atom. The molecule has 0 saturated heterocycles. The zero-order valence-corrected chi connectivity index (χ0v) is 4.31. The van der Waals surface area contributed by atoms with Gasteiger partial charge >= 0.3 is 48.3 Å². The van der Waals surface area contributed by atoms with Crippen LogP contribution >= 0.6 is 0 Å². The van der Waals surface area contributed by atoms with Crippen LogP contribution in [0.1, 0.15) is 0 Å². The fraction of sp³-hybridized carbons (Fsp3) is 0. The molecule has 1 rings (SSSR count). The monoisotopic (exact) mass is 100 g/mol. The summed E-state index contributed by atoms with van der Waals surface area (Å²) >= 11 is 0. The summed E-state index contributed by atoms with van der Waals surface area (Å²) in [5.41, 5.74) is 0.795. The minimum atomic E-state index is 0.795. The Morgan fingerprint density at radius 2 is 2.50 bits per heavy atom. The van der Waals surface area contributed by atoms with E-state index in [-0.39, 0.29) is 0 Å². The molecule has 0 aromatic carbocycles. The molecule has 0 N–H and O–H groups in total. The molecule has 0 heterocycles. The zero-order chi connectivity index (χ0) is 5.82. The Morgan fingerprint density at radius 1 is 1.62 bits per heavy atom. The Hall–Kier alpha value is -1.09. The van der Waals surface area contributed by atoms with Crippen LogP contribution in [0.25, 0.3) is 0 Å². The molecule has 0 saturated carbocycles. The van der Waals surface area contributed by atoms with E-state index in [1.165, 1.54) is 0 Å². The van der Waals surface area contributed by atoms with Crippen molar-refractivity contribution in [2.24, 2.45) is 0 Å². The molecule has 0 heteroatoms. The van der Waals surface area contributed by atoms with Gasteiger partial charge < -0.3 is 0 Å². The average Bonchev–Trinajstić information content (AvgIpc) is 1.90. The van der Waals surface area contributed by atoms with E-state index in [1.54, 1.807) is 24.3 Å². The first kappa shape index (κ1) is 5.05. The molecule has 0 aromatic heterocycles. The van der Waals surface area contributed by atoms with Crippen molar-refractivity contribution < 1.29 is 0 Å². The van der Waals surface area contributed by atoms with E-state index in [9.17, 15) is 0 Å². The van der Waals surface area contributed by atoms with Gasteiger partial charge in [0.2, 0.25) is 0 Å². The molecule has 0 radical (unpaired) electrons.